The molecule has 0 bridgehead atoms. The van der Waals surface area contributed by atoms with E-state index in [4.69, 9.17) is 0 Å². The topological polar surface area (TPSA) is 6.48 Å². The Kier molecular flexibility index (Phi) is 7.25. The molecule has 5 aromatic rings. The number of allylic oxidation sites excluding steroid dienone is 7. The van der Waals surface area contributed by atoms with Crippen LogP contribution in [-0.4, -0.2) is 0 Å². The van der Waals surface area contributed by atoms with Crippen LogP contribution in [0.3, 0.4) is 0 Å². The average Bonchev–Trinajstić information content (AvgIpc) is 3.32. The number of fused-ring (bicyclic) bond motifs is 4. The molecule has 0 spiro atoms. The van der Waals surface area contributed by atoms with Crippen molar-refractivity contribution in [1.82, 2.24) is 0 Å². The van der Waals surface area contributed by atoms with Gasteiger partial charge in [-0.15, -0.1) is 0 Å². The highest BCUT2D eigenvalue weighted by atomic mass is 15.2. The summed E-state index contributed by atoms with van der Waals surface area (Å²) in [5, 5.41) is 2.64. The van der Waals surface area contributed by atoms with E-state index in [1.165, 1.54) is 67.2 Å². The van der Waals surface area contributed by atoms with Crippen LogP contribution in [0.1, 0.15) is 51.7 Å². The van der Waals surface area contributed by atoms with Gasteiger partial charge in [-0.2, -0.15) is 0 Å². The maximum absolute atomic E-state index is 2.53. The van der Waals surface area contributed by atoms with E-state index >= 15 is 0 Å². The molecule has 2 unspecified atom stereocenters. The molecule has 47 heavy (non-hydrogen) atoms. The van der Waals surface area contributed by atoms with Gasteiger partial charge in [-0.25, -0.2) is 0 Å². The average molecular weight is 611 g/mol. The van der Waals surface area contributed by atoms with Crippen molar-refractivity contribution in [2.24, 2.45) is 11.8 Å². The molecule has 0 amide bonds. The molecule has 2 heteroatoms. The number of nitrogens with zero attached hydrogens (tertiary/aromatic N) is 2. The fourth-order valence-electron chi connectivity index (χ4n) is 7.97. The van der Waals surface area contributed by atoms with Gasteiger partial charge in [0.05, 0.1) is 5.69 Å². The van der Waals surface area contributed by atoms with E-state index in [0.29, 0.717) is 11.8 Å². The highest BCUT2D eigenvalue weighted by Gasteiger charge is 2.42. The molecular weight excluding hydrogens is 569 g/mol. The van der Waals surface area contributed by atoms with Crippen molar-refractivity contribution in [2.45, 2.75) is 46.0 Å². The van der Waals surface area contributed by atoms with Gasteiger partial charge in [0.1, 0.15) is 0 Å². The standard InChI is InChI=1S/C45H42N2/c1-31-24-26-36(27-25-31)47(35-20-12-7-13-21-35)43-30-41-44(38-23-15-14-22-37(38)43)39-28-32(2)42(29-40(39)45(41,3)4)46(33-16-8-5-9-17-33)34-18-10-6-11-19-34/h5-24,26-27,29-32H,25,28H2,1-4H3. The summed E-state index contributed by atoms with van der Waals surface area (Å²) in [5.41, 5.74) is 13.1. The van der Waals surface area contributed by atoms with Crippen LogP contribution in [0.15, 0.2) is 163 Å². The van der Waals surface area contributed by atoms with Crippen LogP contribution in [0.5, 0.6) is 0 Å². The Morgan fingerprint density at radius 3 is 1.79 bits per heavy atom. The van der Waals surface area contributed by atoms with Gasteiger partial charge in [0.25, 0.3) is 0 Å². The van der Waals surface area contributed by atoms with E-state index in [-0.39, 0.29) is 5.41 Å². The minimum absolute atomic E-state index is 0.165. The molecule has 0 saturated heterocycles. The second kappa shape index (κ2) is 11.6. The van der Waals surface area contributed by atoms with Crippen molar-refractivity contribution >= 4 is 39.1 Å². The summed E-state index contributed by atoms with van der Waals surface area (Å²) in [6.07, 6.45) is 11.7. The van der Waals surface area contributed by atoms with Gasteiger partial charge in [-0.05, 0) is 101 Å². The molecule has 8 rings (SSSR count). The summed E-state index contributed by atoms with van der Waals surface area (Å²) in [5.74, 6) is 0.895. The van der Waals surface area contributed by atoms with Gasteiger partial charge in [0.2, 0.25) is 0 Å². The number of hydrogen-bond acceptors (Lipinski definition) is 2. The monoisotopic (exact) mass is 610 g/mol. The highest BCUT2D eigenvalue weighted by Crippen LogP contribution is 2.57. The molecule has 2 atom stereocenters. The van der Waals surface area contributed by atoms with Crippen LogP contribution in [0.25, 0.3) is 16.3 Å². The van der Waals surface area contributed by atoms with Crippen molar-refractivity contribution in [3.63, 3.8) is 0 Å². The smallest absolute Gasteiger partial charge is 0.0543 e. The second-order valence-corrected chi connectivity index (χ2v) is 13.9. The molecule has 0 fully saturated rings. The molecule has 0 aromatic heterocycles. The van der Waals surface area contributed by atoms with Crippen LogP contribution in [0, 0.1) is 11.8 Å². The van der Waals surface area contributed by atoms with Gasteiger partial charge in [0.15, 0.2) is 0 Å². The van der Waals surface area contributed by atoms with Gasteiger partial charge in [-0.3, -0.25) is 0 Å². The van der Waals surface area contributed by atoms with E-state index in [0.717, 1.165) is 12.8 Å². The van der Waals surface area contributed by atoms with Crippen LogP contribution in [0.2, 0.25) is 0 Å². The largest absolute Gasteiger partial charge is 0.314 e. The fourth-order valence-corrected chi connectivity index (χ4v) is 7.97. The lowest BCUT2D eigenvalue weighted by Gasteiger charge is -2.36. The lowest BCUT2D eigenvalue weighted by Crippen LogP contribution is -2.26. The SMILES string of the molecule is CC1C=CC(N(c2ccccc2)c2cc3c(c4ccccc24)C2=C(C=C(N(c4ccccc4)c4ccccc4)C(C)C2)C3(C)C)=CC1. The third-order valence-corrected chi connectivity index (χ3v) is 10.4. The first-order valence-electron chi connectivity index (χ1n) is 17.1. The Hall–Kier alpha value is -5.08. The second-order valence-electron chi connectivity index (χ2n) is 13.9. The van der Waals surface area contributed by atoms with Crippen molar-refractivity contribution in [3.8, 4) is 0 Å². The van der Waals surface area contributed by atoms with Crippen LogP contribution in [0.4, 0.5) is 22.7 Å². The van der Waals surface area contributed by atoms with Crippen molar-refractivity contribution < 1.29 is 0 Å². The number of anilines is 4. The first-order valence-corrected chi connectivity index (χ1v) is 17.1. The summed E-state index contributed by atoms with van der Waals surface area (Å²) in [4.78, 5) is 4.95. The first-order chi connectivity index (χ1) is 22.9. The third-order valence-electron chi connectivity index (χ3n) is 10.4. The Morgan fingerprint density at radius 2 is 1.21 bits per heavy atom. The van der Waals surface area contributed by atoms with E-state index in [1.54, 1.807) is 0 Å². The summed E-state index contributed by atoms with van der Waals surface area (Å²) >= 11 is 0. The van der Waals surface area contributed by atoms with E-state index < -0.39 is 0 Å². The summed E-state index contributed by atoms with van der Waals surface area (Å²) in [6.45, 7) is 9.55. The summed E-state index contributed by atoms with van der Waals surface area (Å²) in [6, 6.07) is 44.2. The van der Waals surface area contributed by atoms with Crippen LogP contribution >= 0.6 is 0 Å². The molecule has 0 N–H and O–H groups in total. The highest BCUT2D eigenvalue weighted by molar-refractivity contribution is 6.07. The van der Waals surface area contributed by atoms with Gasteiger partial charge in [-0.1, -0.05) is 119 Å². The van der Waals surface area contributed by atoms with E-state index in [2.05, 4.69) is 183 Å². The zero-order valence-electron chi connectivity index (χ0n) is 27.8. The third kappa shape index (κ3) is 4.95. The molecule has 0 saturated carbocycles. The first kappa shape index (κ1) is 29.3. The lowest BCUT2D eigenvalue weighted by molar-refractivity contribution is 0.627. The number of rotatable bonds is 6. The molecular formula is C45H42N2. The Labute approximate surface area is 279 Å². The minimum Gasteiger partial charge on any atom is -0.314 e. The fraction of sp³-hybridized carbons (Fsp3) is 0.200. The van der Waals surface area contributed by atoms with Gasteiger partial charge >= 0.3 is 0 Å². The molecule has 0 aliphatic heterocycles. The number of para-hydroxylation sites is 3. The van der Waals surface area contributed by atoms with Crippen molar-refractivity contribution in [2.75, 3.05) is 9.80 Å². The zero-order valence-corrected chi connectivity index (χ0v) is 27.8. The lowest BCUT2D eigenvalue weighted by atomic mass is 9.77. The maximum atomic E-state index is 2.53. The van der Waals surface area contributed by atoms with Gasteiger partial charge in [0, 0.05) is 45.2 Å². The molecule has 232 valence electrons. The summed E-state index contributed by atoms with van der Waals surface area (Å²) < 4.78 is 0. The predicted octanol–water partition coefficient (Wildman–Crippen LogP) is 12.3. The number of benzene rings is 5. The molecule has 0 radical (unpaired) electrons. The summed E-state index contributed by atoms with van der Waals surface area (Å²) in [7, 11) is 0. The zero-order chi connectivity index (χ0) is 32.1. The predicted molar refractivity (Wildman–Crippen MR) is 200 cm³/mol. The van der Waals surface area contributed by atoms with Crippen LogP contribution in [-0.2, 0) is 5.41 Å². The Balaban J connectivity index is 1.33. The van der Waals surface area contributed by atoms with Gasteiger partial charge < -0.3 is 9.80 Å². The molecule has 3 aliphatic carbocycles. The van der Waals surface area contributed by atoms with Crippen molar-refractivity contribution in [1.29, 1.82) is 0 Å². The quantitative estimate of drug-likeness (QED) is 0.189. The molecule has 3 aliphatic rings. The maximum Gasteiger partial charge on any atom is 0.0543 e. The number of hydrogen-bond donors (Lipinski definition) is 0. The molecule has 0 heterocycles. The Bertz CT molecular complexity index is 2040. The molecule has 5 aromatic carbocycles. The normalized spacial score (nSPS) is 19.6. The van der Waals surface area contributed by atoms with Crippen molar-refractivity contribution in [3.05, 3.63) is 174 Å². The minimum atomic E-state index is -0.165. The van der Waals surface area contributed by atoms with E-state index in [1.807, 2.05) is 0 Å². The Morgan fingerprint density at radius 1 is 0.660 bits per heavy atom. The van der Waals surface area contributed by atoms with Crippen LogP contribution < -0.4 is 9.80 Å². The molecule has 2 nitrogen and oxygen atoms in total. The van der Waals surface area contributed by atoms with E-state index in [9.17, 15) is 0 Å².